The van der Waals surface area contributed by atoms with Gasteiger partial charge in [0.15, 0.2) is 0 Å². The Labute approximate surface area is 91.9 Å². The zero-order valence-corrected chi connectivity index (χ0v) is 10.1. The molecule has 0 radical (unpaired) electrons. The van der Waals surface area contributed by atoms with E-state index in [9.17, 15) is 4.79 Å². The second-order valence-electron chi connectivity index (χ2n) is 4.70. The number of amides is 1. The molecule has 2 atom stereocenters. The first kappa shape index (κ1) is 12.5. The molecular formula is C11H22N2O2. The Morgan fingerprint density at radius 1 is 1.33 bits per heavy atom. The molecule has 1 N–H and O–H groups in total. The zero-order chi connectivity index (χ0) is 11.6. The number of carbonyl (C=O) groups is 1. The molecular weight excluding hydrogens is 192 g/mol. The third-order valence-electron chi connectivity index (χ3n) is 3.07. The predicted octanol–water partition coefficient (Wildman–Crippen LogP) is 0.308. The van der Waals surface area contributed by atoms with Crippen molar-refractivity contribution < 1.29 is 9.90 Å². The van der Waals surface area contributed by atoms with Gasteiger partial charge in [0.25, 0.3) is 0 Å². The Kier molecular flexibility index (Phi) is 4.11. The molecule has 0 unspecified atom stereocenters. The monoisotopic (exact) mass is 214 g/mol. The van der Waals surface area contributed by atoms with E-state index in [0.29, 0.717) is 18.1 Å². The van der Waals surface area contributed by atoms with E-state index in [0.717, 1.165) is 13.1 Å². The standard InChI is InChI=1S/C11H22N2O2/c1-8(2)13-9(3)5-12(6-10(13)4)11(15)7-14/h8-10,14H,5-7H2,1-4H3/t9-,10+. The molecule has 0 aromatic rings. The number of nitrogens with zero attached hydrogens (tertiary/aromatic N) is 2. The average Bonchev–Trinajstić information content (AvgIpc) is 2.14. The summed E-state index contributed by atoms with van der Waals surface area (Å²) in [4.78, 5) is 15.6. The van der Waals surface area contributed by atoms with Crippen LogP contribution in [0.1, 0.15) is 27.7 Å². The first-order valence-electron chi connectivity index (χ1n) is 5.63. The van der Waals surface area contributed by atoms with Gasteiger partial charge >= 0.3 is 0 Å². The van der Waals surface area contributed by atoms with Crippen LogP contribution in [0.25, 0.3) is 0 Å². The first-order valence-corrected chi connectivity index (χ1v) is 5.63. The second kappa shape index (κ2) is 4.94. The average molecular weight is 214 g/mol. The van der Waals surface area contributed by atoms with Crippen molar-refractivity contribution in [3.05, 3.63) is 0 Å². The maximum absolute atomic E-state index is 11.4. The number of piperazine rings is 1. The molecule has 15 heavy (non-hydrogen) atoms. The van der Waals surface area contributed by atoms with E-state index in [-0.39, 0.29) is 12.5 Å². The van der Waals surface area contributed by atoms with E-state index in [2.05, 4.69) is 32.6 Å². The molecule has 0 bridgehead atoms. The van der Waals surface area contributed by atoms with Gasteiger partial charge in [-0.15, -0.1) is 0 Å². The summed E-state index contributed by atoms with van der Waals surface area (Å²) in [7, 11) is 0. The van der Waals surface area contributed by atoms with Gasteiger partial charge in [-0.1, -0.05) is 0 Å². The Morgan fingerprint density at radius 3 is 2.13 bits per heavy atom. The van der Waals surface area contributed by atoms with Crippen molar-refractivity contribution >= 4 is 5.91 Å². The van der Waals surface area contributed by atoms with Crippen molar-refractivity contribution in [3.8, 4) is 0 Å². The summed E-state index contributed by atoms with van der Waals surface area (Å²) in [6.07, 6.45) is 0. The molecule has 4 heteroatoms. The Morgan fingerprint density at radius 2 is 1.80 bits per heavy atom. The van der Waals surface area contributed by atoms with Gasteiger partial charge in [-0.3, -0.25) is 9.69 Å². The van der Waals surface area contributed by atoms with Crippen LogP contribution in [0.15, 0.2) is 0 Å². The lowest BCUT2D eigenvalue weighted by atomic mass is 10.1. The minimum absolute atomic E-state index is 0.155. The van der Waals surface area contributed by atoms with Gasteiger partial charge in [0.2, 0.25) is 5.91 Å². The van der Waals surface area contributed by atoms with E-state index in [1.54, 1.807) is 4.90 Å². The molecule has 1 fully saturated rings. The number of hydrogen-bond acceptors (Lipinski definition) is 3. The van der Waals surface area contributed by atoms with Crippen LogP contribution in [0.2, 0.25) is 0 Å². The molecule has 1 amide bonds. The summed E-state index contributed by atoms with van der Waals surface area (Å²) in [5.41, 5.74) is 0. The highest BCUT2D eigenvalue weighted by Crippen LogP contribution is 2.18. The molecule has 0 aromatic heterocycles. The van der Waals surface area contributed by atoms with E-state index >= 15 is 0 Å². The Bertz CT molecular complexity index is 219. The van der Waals surface area contributed by atoms with Crippen molar-refractivity contribution in [2.24, 2.45) is 0 Å². The van der Waals surface area contributed by atoms with Crippen molar-refractivity contribution in [2.45, 2.75) is 45.8 Å². The van der Waals surface area contributed by atoms with Crippen molar-refractivity contribution in [1.82, 2.24) is 9.80 Å². The number of hydrogen-bond donors (Lipinski definition) is 1. The van der Waals surface area contributed by atoms with Gasteiger partial charge in [-0.25, -0.2) is 0 Å². The van der Waals surface area contributed by atoms with Crippen LogP contribution in [0.3, 0.4) is 0 Å². The van der Waals surface area contributed by atoms with E-state index in [4.69, 9.17) is 5.11 Å². The second-order valence-corrected chi connectivity index (χ2v) is 4.70. The lowest BCUT2D eigenvalue weighted by Gasteiger charge is -2.46. The molecule has 1 heterocycles. The van der Waals surface area contributed by atoms with Crippen molar-refractivity contribution in [1.29, 1.82) is 0 Å². The molecule has 1 aliphatic heterocycles. The highest BCUT2D eigenvalue weighted by Gasteiger charge is 2.32. The van der Waals surface area contributed by atoms with E-state index in [1.165, 1.54) is 0 Å². The minimum Gasteiger partial charge on any atom is -0.387 e. The summed E-state index contributed by atoms with van der Waals surface area (Å²) in [6.45, 7) is 9.69. The summed E-state index contributed by atoms with van der Waals surface area (Å²) >= 11 is 0. The molecule has 1 rings (SSSR count). The zero-order valence-electron chi connectivity index (χ0n) is 10.1. The summed E-state index contributed by atoms with van der Waals surface area (Å²) in [5.74, 6) is -0.155. The smallest absolute Gasteiger partial charge is 0.248 e. The molecule has 1 saturated heterocycles. The maximum Gasteiger partial charge on any atom is 0.248 e. The molecule has 4 nitrogen and oxygen atoms in total. The van der Waals surface area contributed by atoms with Crippen LogP contribution in [0.5, 0.6) is 0 Å². The Hall–Kier alpha value is -0.610. The SMILES string of the molecule is CC(C)N1[C@H](C)CN(C(=O)CO)C[C@@H]1C. The molecule has 1 aliphatic rings. The lowest BCUT2D eigenvalue weighted by Crippen LogP contribution is -2.60. The highest BCUT2D eigenvalue weighted by molar-refractivity contribution is 5.77. The fourth-order valence-corrected chi connectivity index (χ4v) is 2.66. The van der Waals surface area contributed by atoms with Gasteiger partial charge in [0.05, 0.1) is 0 Å². The van der Waals surface area contributed by atoms with Gasteiger partial charge < -0.3 is 10.0 Å². The molecule has 0 aliphatic carbocycles. The number of carbonyl (C=O) groups excluding carboxylic acids is 1. The molecule has 0 spiro atoms. The largest absolute Gasteiger partial charge is 0.387 e. The number of aliphatic hydroxyl groups is 1. The first-order chi connectivity index (χ1) is 6.97. The van der Waals surface area contributed by atoms with Crippen LogP contribution < -0.4 is 0 Å². The minimum atomic E-state index is -0.374. The fourth-order valence-electron chi connectivity index (χ4n) is 2.66. The summed E-state index contributed by atoms with van der Waals surface area (Å²) in [5, 5.41) is 8.83. The third-order valence-corrected chi connectivity index (χ3v) is 3.07. The number of aliphatic hydroxyl groups excluding tert-OH is 1. The quantitative estimate of drug-likeness (QED) is 0.719. The van der Waals surface area contributed by atoms with Crippen LogP contribution in [-0.4, -0.2) is 58.6 Å². The summed E-state index contributed by atoms with van der Waals surface area (Å²) in [6, 6.07) is 1.23. The van der Waals surface area contributed by atoms with Gasteiger partial charge in [-0.05, 0) is 27.7 Å². The fraction of sp³-hybridized carbons (Fsp3) is 0.909. The van der Waals surface area contributed by atoms with E-state index in [1.807, 2.05) is 0 Å². The topological polar surface area (TPSA) is 43.8 Å². The van der Waals surface area contributed by atoms with Crippen LogP contribution >= 0.6 is 0 Å². The van der Waals surface area contributed by atoms with Gasteiger partial charge in [0, 0.05) is 31.2 Å². The lowest BCUT2D eigenvalue weighted by molar-refractivity contribution is -0.139. The van der Waals surface area contributed by atoms with Gasteiger partial charge in [0.1, 0.15) is 6.61 Å². The predicted molar refractivity (Wildman–Crippen MR) is 59.6 cm³/mol. The van der Waals surface area contributed by atoms with Gasteiger partial charge in [-0.2, -0.15) is 0 Å². The molecule has 0 saturated carbocycles. The van der Waals surface area contributed by atoms with Crippen molar-refractivity contribution in [2.75, 3.05) is 19.7 Å². The van der Waals surface area contributed by atoms with Crippen LogP contribution in [0.4, 0.5) is 0 Å². The maximum atomic E-state index is 11.4. The van der Waals surface area contributed by atoms with Crippen molar-refractivity contribution in [3.63, 3.8) is 0 Å². The third kappa shape index (κ3) is 2.69. The van der Waals surface area contributed by atoms with Crippen LogP contribution in [0, 0.1) is 0 Å². The normalized spacial score (nSPS) is 28.5. The highest BCUT2D eigenvalue weighted by atomic mass is 16.3. The Balaban J connectivity index is 2.66. The molecule has 0 aromatic carbocycles. The molecule has 88 valence electrons. The van der Waals surface area contributed by atoms with E-state index < -0.39 is 0 Å². The number of rotatable bonds is 2. The van der Waals surface area contributed by atoms with Crippen LogP contribution in [-0.2, 0) is 4.79 Å². The summed E-state index contributed by atoms with van der Waals surface area (Å²) < 4.78 is 0.